The minimum absolute atomic E-state index is 0.102. The topological polar surface area (TPSA) is 127 Å². The predicted molar refractivity (Wildman–Crippen MR) is 86.0 cm³/mol. The van der Waals surface area contributed by atoms with Crippen molar-refractivity contribution in [1.82, 2.24) is 0 Å². The monoisotopic (exact) mass is 368 g/mol. The van der Waals surface area contributed by atoms with Crippen LogP contribution in [0.1, 0.15) is 71.1 Å². The number of carbonyl (C=O) groups excluding carboxylic acids is 2. The number of aliphatic hydroxyl groups is 2. The molecule has 0 radical (unpaired) electrons. The molecule has 0 aromatic heterocycles. The first-order valence-corrected chi connectivity index (χ1v) is 9.65. The summed E-state index contributed by atoms with van der Waals surface area (Å²) in [4.78, 5) is 22.4. The van der Waals surface area contributed by atoms with Crippen molar-refractivity contribution in [2.45, 2.75) is 77.2 Å². The van der Waals surface area contributed by atoms with Gasteiger partial charge in [-0.05, 0) is 6.42 Å². The van der Waals surface area contributed by atoms with Crippen LogP contribution in [0.15, 0.2) is 0 Å². The minimum atomic E-state index is -4.87. The van der Waals surface area contributed by atoms with Gasteiger partial charge in [0.1, 0.15) is 0 Å². The van der Waals surface area contributed by atoms with Crippen LogP contribution >= 0.6 is 0 Å². The van der Waals surface area contributed by atoms with E-state index in [0.29, 0.717) is 6.42 Å². The molecule has 24 heavy (non-hydrogen) atoms. The lowest BCUT2D eigenvalue weighted by molar-refractivity contribution is -0.146. The molecule has 142 valence electrons. The van der Waals surface area contributed by atoms with E-state index >= 15 is 0 Å². The van der Waals surface area contributed by atoms with Gasteiger partial charge in [-0.15, -0.1) is 8.42 Å². The van der Waals surface area contributed by atoms with Crippen LogP contribution in [-0.2, 0) is 28.4 Å². The van der Waals surface area contributed by atoms with Gasteiger partial charge in [0.15, 0.2) is 6.10 Å². The molecule has 0 heterocycles. The van der Waals surface area contributed by atoms with Gasteiger partial charge in [-0.1, -0.05) is 58.3 Å². The molecule has 9 heteroatoms. The highest BCUT2D eigenvalue weighted by atomic mass is 32.3. The number of hydrogen-bond donors (Lipinski definition) is 2. The van der Waals surface area contributed by atoms with Crippen LogP contribution in [-0.4, -0.2) is 43.3 Å². The Balaban J connectivity index is 3.80. The van der Waals surface area contributed by atoms with Crippen molar-refractivity contribution in [3.05, 3.63) is 0 Å². The average Bonchev–Trinajstić information content (AvgIpc) is 2.51. The van der Waals surface area contributed by atoms with Crippen molar-refractivity contribution in [2.24, 2.45) is 0 Å². The Labute approximate surface area is 143 Å². The van der Waals surface area contributed by atoms with E-state index < -0.39 is 35.0 Å². The van der Waals surface area contributed by atoms with E-state index in [4.69, 9.17) is 10.2 Å². The molecule has 0 bridgehead atoms. The average molecular weight is 368 g/mol. The molecule has 1 atom stereocenters. The van der Waals surface area contributed by atoms with Crippen LogP contribution in [0.25, 0.3) is 0 Å². The number of unbranched alkanes of at least 4 members (excludes halogenated alkanes) is 8. The van der Waals surface area contributed by atoms with Gasteiger partial charge in [-0.2, -0.15) is 0 Å². The molecule has 0 spiro atoms. The fraction of sp³-hybridized carbons (Fsp3) is 0.867. The van der Waals surface area contributed by atoms with Gasteiger partial charge in [-0.3, -0.25) is 4.79 Å². The van der Waals surface area contributed by atoms with Crippen LogP contribution in [0.4, 0.5) is 0 Å². The van der Waals surface area contributed by atoms with E-state index in [2.05, 4.69) is 15.3 Å². The molecule has 0 fully saturated rings. The summed E-state index contributed by atoms with van der Waals surface area (Å²) >= 11 is 0. The fourth-order valence-electron chi connectivity index (χ4n) is 1.98. The molecule has 0 rings (SSSR count). The van der Waals surface area contributed by atoms with Crippen LogP contribution in [0.2, 0.25) is 0 Å². The van der Waals surface area contributed by atoms with Gasteiger partial charge in [0.25, 0.3) is 0 Å². The Morgan fingerprint density at radius 2 is 1.42 bits per heavy atom. The van der Waals surface area contributed by atoms with E-state index in [1.54, 1.807) is 0 Å². The quantitative estimate of drug-likeness (QED) is 0.443. The number of carbonyl (C=O) groups is 2. The van der Waals surface area contributed by atoms with Crippen molar-refractivity contribution in [1.29, 1.82) is 0 Å². The lowest BCUT2D eigenvalue weighted by Crippen LogP contribution is -2.30. The van der Waals surface area contributed by atoms with Gasteiger partial charge < -0.3 is 18.6 Å². The Kier molecular flexibility index (Phi) is 12.5. The molecule has 1 unspecified atom stereocenters. The van der Waals surface area contributed by atoms with E-state index in [9.17, 15) is 18.0 Å². The predicted octanol–water partition coefficient (Wildman–Crippen LogP) is 1.59. The molecule has 0 aromatic carbocycles. The van der Waals surface area contributed by atoms with Gasteiger partial charge in [-0.25, -0.2) is 4.79 Å². The molecule has 0 aliphatic carbocycles. The molecular weight excluding hydrogens is 340 g/mol. The third kappa shape index (κ3) is 12.3. The lowest BCUT2D eigenvalue weighted by Gasteiger charge is -2.08. The molecular formula is C15H28O8S. The van der Waals surface area contributed by atoms with Crippen molar-refractivity contribution >= 4 is 22.3 Å². The maximum Gasteiger partial charge on any atom is 0.506 e. The fourth-order valence-corrected chi connectivity index (χ4v) is 2.64. The lowest BCUT2D eigenvalue weighted by atomic mass is 10.1. The minimum Gasteiger partial charge on any atom is -0.393 e. The van der Waals surface area contributed by atoms with Crippen molar-refractivity contribution in [3.63, 3.8) is 0 Å². The summed E-state index contributed by atoms with van der Waals surface area (Å²) in [5.74, 6) is -2.63. The van der Waals surface area contributed by atoms with E-state index in [0.717, 1.165) is 25.7 Å². The normalized spacial score (nSPS) is 12.6. The molecule has 0 aliphatic rings. The maximum atomic E-state index is 11.4. The second kappa shape index (κ2) is 13.1. The number of aliphatic hydroxyl groups excluding tert-OH is 2. The van der Waals surface area contributed by atoms with Gasteiger partial charge in [0.2, 0.25) is 0 Å². The Morgan fingerprint density at radius 1 is 0.917 bits per heavy atom. The zero-order chi connectivity index (χ0) is 18.4. The van der Waals surface area contributed by atoms with Gasteiger partial charge in [0, 0.05) is 6.42 Å². The third-order valence-electron chi connectivity index (χ3n) is 3.31. The molecule has 8 nitrogen and oxygen atoms in total. The molecule has 0 aliphatic heterocycles. The van der Waals surface area contributed by atoms with E-state index in [1.165, 1.54) is 25.7 Å². The molecule has 2 N–H and O–H groups in total. The van der Waals surface area contributed by atoms with E-state index in [-0.39, 0.29) is 6.42 Å². The first-order valence-electron chi connectivity index (χ1n) is 8.32. The van der Waals surface area contributed by atoms with Crippen LogP contribution in [0.3, 0.4) is 0 Å². The van der Waals surface area contributed by atoms with Crippen molar-refractivity contribution in [3.8, 4) is 0 Å². The summed E-state index contributed by atoms with van der Waals surface area (Å²) in [5, 5.41) is 17.4. The molecule has 0 saturated heterocycles. The first-order chi connectivity index (χ1) is 11.3. The van der Waals surface area contributed by atoms with E-state index in [1.807, 2.05) is 0 Å². The second-order valence-electron chi connectivity index (χ2n) is 5.54. The highest BCUT2D eigenvalue weighted by molar-refractivity contribution is 7.82. The van der Waals surface area contributed by atoms with Gasteiger partial charge >= 0.3 is 22.3 Å². The second-order valence-corrected chi connectivity index (χ2v) is 6.69. The smallest absolute Gasteiger partial charge is 0.393 e. The van der Waals surface area contributed by atoms with Crippen LogP contribution in [0.5, 0.6) is 0 Å². The summed E-state index contributed by atoms with van der Waals surface area (Å²) in [6, 6.07) is 0. The Morgan fingerprint density at radius 3 is 1.92 bits per heavy atom. The highest BCUT2D eigenvalue weighted by Crippen LogP contribution is 2.11. The first kappa shape index (κ1) is 22.8. The summed E-state index contributed by atoms with van der Waals surface area (Å²) in [7, 11) is -4.87. The highest BCUT2D eigenvalue weighted by Gasteiger charge is 2.26. The molecule has 0 amide bonds. The van der Waals surface area contributed by atoms with Crippen LogP contribution < -0.4 is 0 Å². The largest absolute Gasteiger partial charge is 0.506 e. The number of rotatable bonds is 14. The zero-order valence-corrected chi connectivity index (χ0v) is 14.9. The summed E-state index contributed by atoms with van der Waals surface area (Å²) in [6.07, 6.45) is 7.26. The third-order valence-corrected chi connectivity index (χ3v) is 4.07. The zero-order valence-electron chi connectivity index (χ0n) is 14.1. The van der Waals surface area contributed by atoms with Crippen molar-refractivity contribution in [2.75, 3.05) is 6.61 Å². The van der Waals surface area contributed by atoms with Crippen LogP contribution in [0, 0.1) is 0 Å². The SMILES string of the molecule is CCCCCCCCCCCC(=O)OS(=O)(=O)OC(=O)C(O)CO. The van der Waals surface area contributed by atoms with Crippen molar-refractivity contribution < 1.29 is 36.6 Å². The standard InChI is InChI=1S/C15H28O8S/c1-2-3-4-5-6-7-8-9-10-11-14(18)22-24(20,21)23-15(19)13(17)12-16/h13,16-17H,2-12H2,1H3. The van der Waals surface area contributed by atoms with Gasteiger partial charge in [0.05, 0.1) is 6.61 Å². The Hall–Kier alpha value is -1.19. The maximum absolute atomic E-state index is 11.4. The molecule has 0 aromatic rings. The Bertz CT molecular complexity index is 460. The number of hydrogen-bond acceptors (Lipinski definition) is 8. The summed E-state index contributed by atoms with van der Waals surface area (Å²) < 4.78 is 30.4. The summed E-state index contributed by atoms with van der Waals surface area (Å²) in [6.45, 7) is 1.16. The summed E-state index contributed by atoms with van der Waals surface area (Å²) in [5.41, 5.74) is 0. The molecule has 0 saturated carbocycles.